The maximum Gasteiger partial charge on any atom is 0.266 e. The summed E-state index contributed by atoms with van der Waals surface area (Å²) in [7, 11) is 0. The van der Waals surface area contributed by atoms with E-state index in [1.54, 1.807) is 60.7 Å². The van der Waals surface area contributed by atoms with Gasteiger partial charge in [-0.25, -0.2) is 4.90 Å². The molecule has 0 bridgehead atoms. The van der Waals surface area contributed by atoms with Gasteiger partial charge in [-0.15, -0.1) is 0 Å². The van der Waals surface area contributed by atoms with E-state index in [1.165, 1.54) is 6.07 Å². The van der Waals surface area contributed by atoms with Gasteiger partial charge in [0.1, 0.15) is 5.75 Å². The van der Waals surface area contributed by atoms with Crippen LogP contribution in [0.5, 0.6) is 5.75 Å². The number of nitrogens with zero attached hydrogens (tertiary/aromatic N) is 1. The van der Waals surface area contributed by atoms with Gasteiger partial charge < -0.3 is 10.1 Å². The first-order valence-corrected chi connectivity index (χ1v) is 10.1. The number of rotatable bonds is 5. The summed E-state index contributed by atoms with van der Waals surface area (Å²) in [5.41, 5.74) is 1.82. The van der Waals surface area contributed by atoms with Crippen LogP contribution in [0, 0.1) is 0 Å². The van der Waals surface area contributed by atoms with Crippen LogP contribution >= 0.6 is 11.6 Å². The Morgan fingerprint density at radius 2 is 1.61 bits per heavy atom. The Hall–Kier alpha value is -3.64. The minimum atomic E-state index is -0.407. The van der Waals surface area contributed by atoms with E-state index in [2.05, 4.69) is 5.32 Å². The summed E-state index contributed by atoms with van der Waals surface area (Å²) in [5, 5.41) is 2.96. The highest BCUT2D eigenvalue weighted by Crippen LogP contribution is 2.33. The first-order valence-electron chi connectivity index (χ1n) is 9.70. The molecule has 0 spiro atoms. The number of halogens is 1. The molecule has 1 aliphatic rings. The highest BCUT2D eigenvalue weighted by Gasteiger charge is 2.36. The summed E-state index contributed by atoms with van der Waals surface area (Å²) in [6, 6.07) is 18.1. The Bertz CT molecular complexity index is 1170. The molecule has 1 N–H and O–H groups in total. The molecule has 0 saturated carbocycles. The smallest absolute Gasteiger partial charge is 0.266 e. The van der Waals surface area contributed by atoms with Crippen molar-refractivity contribution in [1.29, 1.82) is 0 Å². The van der Waals surface area contributed by atoms with E-state index in [-0.39, 0.29) is 17.0 Å². The second-order valence-electron chi connectivity index (χ2n) is 7.30. The zero-order chi connectivity index (χ0) is 22.1. The van der Waals surface area contributed by atoms with Gasteiger partial charge in [0.05, 0.1) is 33.6 Å². The lowest BCUT2D eigenvalue weighted by Crippen LogP contribution is -2.29. The molecule has 3 aromatic carbocycles. The number of amides is 3. The van der Waals surface area contributed by atoms with E-state index >= 15 is 0 Å². The van der Waals surface area contributed by atoms with Crippen LogP contribution in [0.3, 0.4) is 0 Å². The van der Waals surface area contributed by atoms with Gasteiger partial charge >= 0.3 is 0 Å². The third kappa shape index (κ3) is 4.02. The molecule has 0 fully saturated rings. The van der Waals surface area contributed by atoms with Crippen LogP contribution in [0.1, 0.15) is 44.9 Å². The highest BCUT2D eigenvalue weighted by atomic mass is 35.5. The second kappa shape index (κ2) is 8.24. The molecular formula is C24H19ClN2O4. The number of fused-ring (bicyclic) bond motifs is 1. The van der Waals surface area contributed by atoms with E-state index in [4.69, 9.17) is 16.3 Å². The van der Waals surface area contributed by atoms with Crippen molar-refractivity contribution in [3.05, 3.63) is 88.4 Å². The molecule has 0 saturated heterocycles. The van der Waals surface area contributed by atoms with Crippen molar-refractivity contribution in [2.45, 2.75) is 20.0 Å². The molecule has 156 valence electrons. The van der Waals surface area contributed by atoms with Crippen molar-refractivity contribution in [3.8, 4) is 5.75 Å². The minimum Gasteiger partial charge on any atom is -0.491 e. The number of hydrogen-bond donors (Lipinski definition) is 1. The molecule has 6 nitrogen and oxygen atoms in total. The van der Waals surface area contributed by atoms with Crippen molar-refractivity contribution in [2.24, 2.45) is 0 Å². The number of imide groups is 1. The molecule has 3 amide bonds. The lowest BCUT2D eigenvalue weighted by molar-refractivity contribution is 0.0924. The molecule has 1 aliphatic heterocycles. The number of benzene rings is 3. The van der Waals surface area contributed by atoms with Crippen LogP contribution in [0.2, 0.25) is 5.02 Å². The summed E-state index contributed by atoms with van der Waals surface area (Å²) >= 11 is 6.36. The molecular weight excluding hydrogens is 416 g/mol. The molecule has 31 heavy (non-hydrogen) atoms. The Morgan fingerprint density at radius 3 is 2.23 bits per heavy atom. The number of ether oxygens (including phenoxy) is 1. The summed E-state index contributed by atoms with van der Waals surface area (Å²) in [5.74, 6) is -0.579. The predicted molar refractivity (Wildman–Crippen MR) is 119 cm³/mol. The quantitative estimate of drug-likeness (QED) is 0.561. The summed E-state index contributed by atoms with van der Waals surface area (Å²) < 4.78 is 5.62. The number of carbonyl (C=O) groups is 3. The average Bonchev–Trinajstić information content (AvgIpc) is 3.00. The zero-order valence-corrected chi connectivity index (χ0v) is 17.6. The minimum absolute atomic E-state index is 0.0116. The molecule has 3 aromatic rings. The SMILES string of the molecule is CC(C)Oc1cccc(C(=O)Nc2ccc(N3C(=O)c4ccccc4C3=O)cc2Cl)c1. The van der Waals surface area contributed by atoms with Gasteiger partial charge in [-0.05, 0) is 62.4 Å². The molecule has 4 rings (SSSR count). The van der Waals surface area contributed by atoms with E-state index in [1.807, 2.05) is 13.8 Å². The van der Waals surface area contributed by atoms with Gasteiger partial charge in [0.2, 0.25) is 0 Å². The third-order valence-corrected chi connectivity index (χ3v) is 5.03. The van der Waals surface area contributed by atoms with Crippen LogP contribution in [-0.4, -0.2) is 23.8 Å². The van der Waals surface area contributed by atoms with Crippen LogP contribution in [0.25, 0.3) is 0 Å². The normalized spacial score (nSPS) is 12.8. The van der Waals surface area contributed by atoms with E-state index in [0.717, 1.165) is 4.90 Å². The predicted octanol–water partition coefficient (Wildman–Crippen LogP) is 5.18. The van der Waals surface area contributed by atoms with Gasteiger partial charge in [-0.2, -0.15) is 0 Å². The van der Waals surface area contributed by atoms with Gasteiger partial charge in [0, 0.05) is 5.56 Å². The molecule has 7 heteroatoms. The molecule has 0 unspecified atom stereocenters. The summed E-state index contributed by atoms with van der Waals surface area (Å²) in [6.07, 6.45) is -0.0116. The lowest BCUT2D eigenvalue weighted by atomic mass is 10.1. The molecule has 0 radical (unpaired) electrons. The monoisotopic (exact) mass is 434 g/mol. The van der Waals surface area contributed by atoms with Crippen molar-refractivity contribution >= 4 is 40.7 Å². The van der Waals surface area contributed by atoms with Crippen LogP contribution < -0.4 is 15.0 Å². The fourth-order valence-corrected chi connectivity index (χ4v) is 3.57. The topological polar surface area (TPSA) is 75.7 Å². The fourth-order valence-electron chi connectivity index (χ4n) is 3.35. The number of hydrogen-bond acceptors (Lipinski definition) is 4. The second-order valence-corrected chi connectivity index (χ2v) is 7.71. The first kappa shape index (κ1) is 20.6. The molecule has 0 aliphatic carbocycles. The number of carbonyl (C=O) groups excluding carboxylic acids is 3. The van der Waals surface area contributed by atoms with Gasteiger partial charge in [0.15, 0.2) is 0 Å². The van der Waals surface area contributed by atoms with E-state index < -0.39 is 11.8 Å². The number of nitrogens with one attached hydrogen (secondary N) is 1. The largest absolute Gasteiger partial charge is 0.491 e. The first-order chi connectivity index (χ1) is 14.8. The Morgan fingerprint density at radius 1 is 0.935 bits per heavy atom. The molecule has 0 aromatic heterocycles. The summed E-state index contributed by atoms with van der Waals surface area (Å²) in [6.45, 7) is 3.81. The number of anilines is 2. The maximum absolute atomic E-state index is 12.7. The maximum atomic E-state index is 12.7. The van der Waals surface area contributed by atoms with Crippen LogP contribution in [0.4, 0.5) is 11.4 Å². The highest BCUT2D eigenvalue weighted by molar-refractivity contribution is 6.37. The van der Waals surface area contributed by atoms with Crippen LogP contribution in [-0.2, 0) is 0 Å². The Balaban J connectivity index is 1.55. The van der Waals surface area contributed by atoms with Crippen molar-refractivity contribution in [1.82, 2.24) is 0 Å². The lowest BCUT2D eigenvalue weighted by Gasteiger charge is -2.16. The Labute approximate surface area is 184 Å². The van der Waals surface area contributed by atoms with Crippen molar-refractivity contribution < 1.29 is 19.1 Å². The van der Waals surface area contributed by atoms with Gasteiger partial charge in [0.25, 0.3) is 17.7 Å². The summed E-state index contributed by atoms with van der Waals surface area (Å²) in [4.78, 5) is 39.0. The molecule has 0 atom stereocenters. The average molecular weight is 435 g/mol. The standard InChI is InChI=1S/C24H19ClN2O4/c1-14(2)31-17-7-5-6-15(12-17)22(28)26-21-11-10-16(13-20(21)25)27-23(29)18-8-3-4-9-19(18)24(27)30/h3-14H,1-2H3,(H,26,28). The van der Waals surface area contributed by atoms with Crippen LogP contribution in [0.15, 0.2) is 66.7 Å². The Kier molecular flexibility index (Phi) is 5.48. The van der Waals surface area contributed by atoms with Gasteiger partial charge in [-0.1, -0.05) is 29.8 Å². The van der Waals surface area contributed by atoms with Crippen molar-refractivity contribution in [2.75, 3.05) is 10.2 Å². The van der Waals surface area contributed by atoms with Gasteiger partial charge in [-0.3, -0.25) is 14.4 Å². The van der Waals surface area contributed by atoms with E-state index in [9.17, 15) is 14.4 Å². The zero-order valence-electron chi connectivity index (χ0n) is 16.9. The molecule has 1 heterocycles. The van der Waals surface area contributed by atoms with E-state index in [0.29, 0.717) is 33.8 Å². The third-order valence-electron chi connectivity index (χ3n) is 4.72. The van der Waals surface area contributed by atoms with Crippen molar-refractivity contribution in [3.63, 3.8) is 0 Å². The fraction of sp³-hybridized carbons (Fsp3) is 0.125.